The molecule has 0 unspecified atom stereocenters. The molecule has 0 bridgehead atoms. The maximum Gasteiger partial charge on any atom is 0.124 e. The van der Waals surface area contributed by atoms with Crippen molar-refractivity contribution in [2.45, 2.75) is 12.6 Å². The lowest BCUT2D eigenvalue weighted by Crippen LogP contribution is -2.10. The predicted molar refractivity (Wildman–Crippen MR) is 58.0 cm³/mol. The lowest BCUT2D eigenvalue weighted by atomic mass is 10.1. The van der Waals surface area contributed by atoms with Crippen molar-refractivity contribution in [2.75, 3.05) is 7.11 Å². The smallest absolute Gasteiger partial charge is 0.124 e. The zero-order valence-corrected chi connectivity index (χ0v) is 8.95. The lowest BCUT2D eigenvalue weighted by molar-refractivity contribution is 0.147. The van der Waals surface area contributed by atoms with Crippen LogP contribution in [0, 0.1) is 0 Å². The Morgan fingerprint density at radius 3 is 2.94 bits per heavy atom. The van der Waals surface area contributed by atoms with E-state index in [1.54, 1.807) is 24.2 Å². The second kappa shape index (κ2) is 4.76. The highest BCUT2D eigenvalue weighted by atomic mass is 16.5. The van der Waals surface area contributed by atoms with Gasteiger partial charge >= 0.3 is 0 Å². The molecule has 16 heavy (non-hydrogen) atoms. The molecule has 1 aromatic carbocycles. The van der Waals surface area contributed by atoms with Crippen LogP contribution in [0.5, 0.6) is 5.75 Å². The van der Waals surface area contributed by atoms with E-state index in [1.807, 2.05) is 24.3 Å². The molecule has 1 aromatic heterocycles. The second-order valence-electron chi connectivity index (χ2n) is 3.38. The zero-order chi connectivity index (χ0) is 11.4. The Bertz CT molecular complexity index is 442. The summed E-state index contributed by atoms with van der Waals surface area (Å²) in [6, 6.07) is 7.38. The van der Waals surface area contributed by atoms with Crippen LogP contribution in [0.3, 0.4) is 0 Å². The van der Waals surface area contributed by atoms with Gasteiger partial charge in [-0.25, -0.2) is 4.68 Å². The summed E-state index contributed by atoms with van der Waals surface area (Å²) in [6.07, 6.45) is 2.63. The fourth-order valence-corrected chi connectivity index (χ4v) is 1.55. The van der Waals surface area contributed by atoms with Crippen LogP contribution in [0.4, 0.5) is 0 Å². The number of benzene rings is 1. The first-order valence-corrected chi connectivity index (χ1v) is 4.96. The quantitative estimate of drug-likeness (QED) is 0.834. The molecule has 0 aliphatic rings. The van der Waals surface area contributed by atoms with Crippen LogP contribution in [-0.4, -0.2) is 27.2 Å². The highest BCUT2D eigenvalue weighted by Crippen LogP contribution is 2.25. The van der Waals surface area contributed by atoms with Crippen LogP contribution in [0.1, 0.15) is 11.7 Å². The van der Waals surface area contributed by atoms with Gasteiger partial charge in [-0.15, -0.1) is 5.10 Å². The third-order valence-corrected chi connectivity index (χ3v) is 2.33. The number of rotatable bonds is 4. The monoisotopic (exact) mass is 219 g/mol. The number of methoxy groups -OCH3 is 1. The summed E-state index contributed by atoms with van der Waals surface area (Å²) in [5.41, 5.74) is 0.750. The first-order valence-electron chi connectivity index (χ1n) is 4.96. The van der Waals surface area contributed by atoms with E-state index in [2.05, 4.69) is 10.3 Å². The fourth-order valence-electron chi connectivity index (χ4n) is 1.55. The fraction of sp³-hybridized carbons (Fsp3) is 0.273. The Morgan fingerprint density at radius 2 is 2.25 bits per heavy atom. The Balaban J connectivity index is 2.17. The lowest BCUT2D eigenvalue weighted by Gasteiger charge is -2.14. The summed E-state index contributed by atoms with van der Waals surface area (Å²) in [5.74, 6) is 0.676. The topological polar surface area (TPSA) is 60.2 Å². The predicted octanol–water partition coefficient (Wildman–Crippen LogP) is 1.02. The summed E-state index contributed by atoms with van der Waals surface area (Å²) in [7, 11) is 1.58. The molecule has 0 saturated heterocycles. The number of ether oxygens (including phenoxy) is 1. The van der Waals surface area contributed by atoms with E-state index in [-0.39, 0.29) is 0 Å². The van der Waals surface area contributed by atoms with Gasteiger partial charge in [-0.3, -0.25) is 0 Å². The third-order valence-electron chi connectivity index (χ3n) is 2.33. The number of aromatic nitrogens is 3. The molecule has 0 saturated carbocycles. The van der Waals surface area contributed by atoms with Gasteiger partial charge in [0.15, 0.2) is 0 Å². The summed E-state index contributed by atoms with van der Waals surface area (Å²) < 4.78 is 6.76. The van der Waals surface area contributed by atoms with E-state index in [0.29, 0.717) is 12.3 Å². The number of nitrogens with zero attached hydrogens (tertiary/aromatic N) is 3. The van der Waals surface area contributed by atoms with E-state index < -0.39 is 6.10 Å². The van der Waals surface area contributed by atoms with Gasteiger partial charge in [-0.05, 0) is 6.07 Å². The molecule has 0 aliphatic heterocycles. The Hall–Kier alpha value is -1.88. The summed E-state index contributed by atoms with van der Waals surface area (Å²) in [5, 5.41) is 17.5. The number of hydrogen-bond donors (Lipinski definition) is 1. The standard InChI is InChI=1S/C11H13N3O2/c1-16-11-5-3-2-4-9(11)10(15)8-14-7-6-12-13-14/h2-7,10,15H,8H2,1H3/t10-/m0/s1. The van der Waals surface area contributed by atoms with Gasteiger partial charge in [0.25, 0.3) is 0 Å². The van der Waals surface area contributed by atoms with Crippen LogP contribution in [-0.2, 0) is 6.54 Å². The minimum Gasteiger partial charge on any atom is -0.496 e. The molecule has 5 nitrogen and oxygen atoms in total. The molecule has 0 amide bonds. The van der Waals surface area contributed by atoms with Crippen molar-refractivity contribution in [2.24, 2.45) is 0 Å². The van der Waals surface area contributed by atoms with Crippen LogP contribution in [0.2, 0.25) is 0 Å². The largest absolute Gasteiger partial charge is 0.496 e. The van der Waals surface area contributed by atoms with E-state index >= 15 is 0 Å². The van der Waals surface area contributed by atoms with Crippen molar-refractivity contribution in [3.8, 4) is 5.75 Å². The minimum atomic E-state index is -0.655. The summed E-state index contributed by atoms with van der Waals surface area (Å²) >= 11 is 0. The third kappa shape index (κ3) is 2.20. The van der Waals surface area contributed by atoms with Crippen molar-refractivity contribution in [3.63, 3.8) is 0 Å². The number of aliphatic hydroxyl groups is 1. The molecule has 5 heteroatoms. The molecule has 0 fully saturated rings. The Labute approximate surface area is 93.3 Å². The van der Waals surface area contributed by atoms with Crippen LogP contribution < -0.4 is 4.74 Å². The van der Waals surface area contributed by atoms with Crippen molar-refractivity contribution in [3.05, 3.63) is 42.2 Å². The van der Waals surface area contributed by atoms with E-state index in [9.17, 15) is 5.11 Å². The van der Waals surface area contributed by atoms with Gasteiger partial charge in [0, 0.05) is 11.8 Å². The number of aliphatic hydroxyl groups excluding tert-OH is 1. The van der Waals surface area contributed by atoms with Gasteiger partial charge in [-0.1, -0.05) is 23.4 Å². The van der Waals surface area contributed by atoms with Crippen molar-refractivity contribution < 1.29 is 9.84 Å². The molecule has 1 atom stereocenters. The maximum absolute atomic E-state index is 10.0. The van der Waals surface area contributed by atoms with Gasteiger partial charge in [0.1, 0.15) is 11.9 Å². The molecule has 0 aliphatic carbocycles. The molecular weight excluding hydrogens is 206 g/mol. The Morgan fingerprint density at radius 1 is 1.44 bits per heavy atom. The van der Waals surface area contributed by atoms with Gasteiger partial charge in [0.2, 0.25) is 0 Å². The van der Waals surface area contributed by atoms with E-state index in [0.717, 1.165) is 5.56 Å². The average Bonchev–Trinajstić information content (AvgIpc) is 2.81. The maximum atomic E-state index is 10.0. The molecule has 0 spiro atoms. The Kier molecular flexibility index (Phi) is 3.16. The molecular formula is C11H13N3O2. The first-order chi connectivity index (χ1) is 7.81. The SMILES string of the molecule is COc1ccccc1[C@@H](O)Cn1ccnn1. The molecule has 1 heterocycles. The van der Waals surface area contributed by atoms with Gasteiger partial charge in [-0.2, -0.15) is 0 Å². The van der Waals surface area contributed by atoms with Crippen molar-refractivity contribution in [1.82, 2.24) is 15.0 Å². The average molecular weight is 219 g/mol. The molecule has 84 valence electrons. The molecule has 2 aromatic rings. The van der Waals surface area contributed by atoms with E-state index in [1.165, 1.54) is 0 Å². The normalized spacial score (nSPS) is 12.4. The van der Waals surface area contributed by atoms with Crippen LogP contribution in [0.25, 0.3) is 0 Å². The zero-order valence-electron chi connectivity index (χ0n) is 8.95. The highest BCUT2D eigenvalue weighted by Gasteiger charge is 2.13. The molecule has 0 radical (unpaired) electrons. The van der Waals surface area contributed by atoms with Crippen LogP contribution in [0.15, 0.2) is 36.7 Å². The molecule has 1 N–H and O–H groups in total. The minimum absolute atomic E-state index is 0.361. The van der Waals surface area contributed by atoms with Crippen molar-refractivity contribution >= 4 is 0 Å². The summed E-state index contributed by atoms with van der Waals surface area (Å²) in [4.78, 5) is 0. The molecule has 2 rings (SSSR count). The van der Waals surface area contributed by atoms with Gasteiger partial charge < -0.3 is 9.84 Å². The van der Waals surface area contributed by atoms with E-state index in [4.69, 9.17) is 4.74 Å². The van der Waals surface area contributed by atoms with Crippen LogP contribution >= 0.6 is 0 Å². The number of para-hydroxylation sites is 1. The highest BCUT2D eigenvalue weighted by molar-refractivity contribution is 5.34. The van der Waals surface area contributed by atoms with Crippen molar-refractivity contribution in [1.29, 1.82) is 0 Å². The van der Waals surface area contributed by atoms with Gasteiger partial charge in [0.05, 0.1) is 19.9 Å². The first kappa shape index (κ1) is 10.6. The summed E-state index contributed by atoms with van der Waals surface area (Å²) in [6.45, 7) is 0.361. The number of hydrogen-bond acceptors (Lipinski definition) is 4. The second-order valence-corrected chi connectivity index (χ2v) is 3.38.